The van der Waals surface area contributed by atoms with Gasteiger partial charge in [0.2, 0.25) is 5.91 Å². The Hall–Kier alpha value is -1.68. The smallest absolute Gasteiger partial charge is 0.224 e. The van der Waals surface area contributed by atoms with E-state index in [1.807, 2.05) is 32.0 Å². The molecule has 0 aromatic heterocycles. The van der Waals surface area contributed by atoms with E-state index < -0.39 is 0 Å². The molecule has 110 valence electrons. The number of hydrogen-bond acceptors (Lipinski definition) is 1. The van der Waals surface area contributed by atoms with Gasteiger partial charge in [-0.1, -0.05) is 28.1 Å². The first-order valence-corrected chi connectivity index (χ1v) is 7.56. The lowest BCUT2D eigenvalue weighted by Crippen LogP contribution is -2.14. The van der Waals surface area contributed by atoms with Gasteiger partial charge in [-0.2, -0.15) is 0 Å². The van der Waals surface area contributed by atoms with Crippen LogP contribution in [0.25, 0.3) is 0 Å². The van der Waals surface area contributed by atoms with Gasteiger partial charge in [0.05, 0.1) is 0 Å². The van der Waals surface area contributed by atoms with E-state index in [0.717, 1.165) is 26.9 Å². The fourth-order valence-corrected chi connectivity index (χ4v) is 2.95. The van der Waals surface area contributed by atoms with Crippen LogP contribution in [-0.2, 0) is 11.2 Å². The number of amides is 1. The number of nitrogens with one attached hydrogen (secondary N) is 1. The second kappa shape index (κ2) is 6.85. The highest BCUT2D eigenvalue weighted by molar-refractivity contribution is 9.10. The molecule has 0 atom stereocenters. The van der Waals surface area contributed by atoms with Crippen LogP contribution >= 0.6 is 15.9 Å². The fraction of sp³-hybridized carbons (Fsp3) is 0.235. The number of benzene rings is 2. The molecule has 0 aliphatic heterocycles. The zero-order valence-corrected chi connectivity index (χ0v) is 13.6. The molecule has 0 spiro atoms. The minimum atomic E-state index is -0.271. The lowest BCUT2D eigenvalue weighted by molar-refractivity contribution is -0.116. The van der Waals surface area contributed by atoms with Crippen molar-refractivity contribution in [2.24, 2.45) is 0 Å². The Morgan fingerprint density at radius 3 is 2.48 bits per heavy atom. The molecule has 0 radical (unpaired) electrons. The van der Waals surface area contributed by atoms with Crippen LogP contribution in [0.5, 0.6) is 0 Å². The zero-order valence-electron chi connectivity index (χ0n) is 12.0. The van der Waals surface area contributed by atoms with Crippen LogP contribution < -0.4 is 5.32 Å². The Morgan fingerprint density at radius 1 is 1.19 bits per heavy atom. The number of carbonyl (C=O) groups is 1. The first-order valence-electron chi connectivity index (χ1n) is 6.77. The monoisotopic (exact) mass is 349 g/mol. The maximum absolute atomic E-state index is 13.1. The number of rotatable bonds is 4. The Morgan fingerprint density at radius 2 is 1.86 bits per heavy atom. The zero-order chi connectivity index (χ0) is 15.4. The van der Waals surface area contributed by atoms with E-state index in [9.17, 15) is 9.18 Å². The molecule has 4 heteroatoms. The Balaban J connectivity index is 1.99. The second-order valence-electron chi connectivity index (χ2n) is 5.09. The van der Waals surface area contributed by atoms with Crippen LogP contribution in [0.1, 0.15) is 23.1 Å². The molecule has 0 unspecified atom stereocenters. The summed E-state index contributed by atoms with van der Waals surface area (Å²) in [5.74, 6) is -0.333. The maximum atomic E-state index is 13.1. The summed E-state index contributed by atoms with van der Waals surface area (Å²) in [6.07, 6.45) is 0.858. The predicted molar refractivity (Wildman–Crippen MR) is 87.0 cm³/mol. The third-order valence-corrected chi connectivity index (χ3v) is 3.75. The molecular weight excluding hydrogens is 333 g/mol. The van der Waals surface area contributed by atoms with Crippen LogP contribution in [0.2, 0.25) is 0 Å². The molecule has 2 aromatic rings. The van der Waals surface area contributed by atoms with E-state index in [1.54, 1.807) is 6.07 Å². The lowest BCUT2D eigenvalue weighted by Gasteiger charge is -2.12. The minimum absolute atomic E-state index is 0.0622. The molecule has 1 N–H and O–H groups in total. The highest BCUT2D eigenvalue weighted by Gasteiger charge is 2.09. The third kappa shape index (κ3) is 4.39. The Kier molecular flexibility index (Phi) is 5.12. The molecular formula is C17H17BrFNO. The van der Waals surface area contributed by atoms with Crippen LogP contribution in [0.4, 0.5) is 10.1 Å². The molecule has 0 saturated heterocycles. The molecule has 1 amide bonds. The van der Waals surface area contributed by atoms with Crippen molar-refractivity contribution in [3.8, 4) is 0 Å². The van der Waals surface area contributed by atoms with Gasteiger partial charge >= 0.3 is 0 Å². The fourth-order valence-electron chi connectivity index (χ4n) is 2.26. The molecule has 2 rings (SSSR count). The van der Waals surface area contributed by atoms with Gasteiger partial charge in [0.25, 0.3) is 0 Å². The van der Waals surface area contributed by atoms with Gasteiger partial charge in [0, 0.05) is 16.6 Å². The molecule has 0 bridgehead atoms. The average molecular weight is 350 g/mol. The molecule has 2 aromatic carbocycles. The normalized spacial score (nSPS) is 10.5. The summed E-state index contributed by atoms with van der Waals surface area (Å²) in [4.78, 5) is 12.0. The summed E-state index contributed by atoms with van der Waals surface area (Å²) in [6.45, 7) is 3.92. The molecule has 21 heavy (non-hydrogen) atoms. The quantitative estimate of drug-likeness (QED) is 0.845. The number of anilines is 1. The lowest BCUT2D eigenvalue weighted by atomic mass is 10.1. The Bertz CT molecular complexity index is 647. The van der Waals surface area contributed by atoms with E-state index in [0.29, 0.717) is 12.8 Å². The minimum Gasteiger partial charge on any atom is -0.326 e. The summed E-state index contributed by atoms with van der Waals surface area (Å²) in [5.41, 5.74) is 3.71. The summed E-state index contributed by atoms with van der Waals surface area (Å²) in [5, 5.41) is 2.94. The predicted octanol–water partition coefficient (Wildman–Crippen LogP) is 4.78. The van der Waals surface area contributed by atoms with Gasteiger partial charge in [-0.3, -0.25) is 4.79 Å². The van der Waals surface area contributed by atoms with Gasteiger partial charge in [-0.25, -0.2) is 4.39 Å². The van der Waals surface area contributed by atoms with Gasteiger partial charge in [0.15, 0.2) is 0 Å². The molecule has 0 aliphatic rings. The first kappa shape index (κ1) is 15.7. The standard InChI is InChI=1S/C17H17BrFNO/c1-11-8-14(18)9-12(2)17(11)20-16(21)7-6-13-4-3-5-15(19)10-13/h3-5,8-10H,6-7H2,1-2H3,(H,20,21). The van der Waals surface area contributed by atoms with Crippen molar-refractivity contribution in [1.29, 1.82) is 0 Å². The van der Waals surface area contributed by atoms with E-state index in [1.165, 1.54) is 12.1 Å². The largest absolute Gasteiger partial charge is 0.326 e. The van der Waals surface area contributed by atoms with Crippen LogP contribution in [-0.4, -0.2) is 5.91 Å². The van der Waals surface area contributed by atoms with Crippen molar-refractivity contribution in [3.63, 3.8) is 0 Å². The van der Waals surface area contributed by atoms with Crippen molar-refractivity contribution in [1.82, 2.24) is 0 Å². The van der Waals surface area contributed by atoms with Gasteiger partial charge < -0.3 is 5.32 Å². The van der Waals surface area contributed by atoms with Gasteiger partial charge in [-0.05, 0) is 61.2 Å². The topological polar surface area (TPSA) is 29.1 Å². The van der Waals surface area contributed by atoms with E-state index in [4.69, 9.17) is 0 Å². The van der Waals surface area contributed by atoms with Crippen molar-refractivity contribution in [3.05, 3.63) is 63.4 Å². The Labute approximate surface area is 132 Å². The maximum Gasteiger partial charge on any atom is 0.224 e. The van der Waals surface area contributed by atoms with E-state index in [-0.39, 0.29) is 11.7 Å². The van der Waals surface area contributed by atoms with Crippen LogP contribution in [0.3, 0.4) is 0 Å². The number of halogens is 2. The summed E-state index contributed by atoms with van der Waals surface area (Å²) < 4.78 is 14.1. The number of carbonyl (C=O) groups excluding carboxylic acids is 1. The molecule has 0 aliphatic carbocycles. The van der Waals surface area contributed by atoms with Crippen LogP contribution in [0, 0.1) is 19.7 Å². The van der Waals surface area contributed by atoms with E-state index in [2.05, 4.69) is 21.2 Å². The van der Waals surface area contributed by atoms with Crippen molar-refractivity contribution >= 4 is 27.5 Å². The molecule has 2 nitrogen and oxygen atoms in total. The summed E-state index contributed by atoms with van der Waals surface area (Å²) >= 11 is 3.43. The molecule has 0 heterocycles. The number of aryl methyl sites for hydroxylation is 3. The third-order valence-electron chi connectivity index (χ3n) is 3.29. The molecule has 0 fully saturated rings. The molecule has 0 saturated carbocycles. The summed E-state index contributed by atoms with van der Waals surface area (Å²) in [7, 11) is 0. The second-order valence-corrected chi connectivity index (χ2v) is 6.01. The highest BCUT2D eigenvalue weighted by Crippen LogP contribution is 2.25. The van der Waals surface area contributed by atoms with E-state index >= 15 is 0 Å². The number of hydrogen-bond donors (Lipinski definition) is 1. The van der Waals surface area contributed by atoms with Crippen molar-refractivity contribution in [2.75, 3.05) is 5.32 Å². The first-order chi connectivity index (χ1) is 9.95. The van der Waals surface area contributed by atoms with Gasteiger partial charge in [0.1, 0.15) is 5.82 Å². The van der Waals surface area contributed by atoms with Crippen LogP contribution in [0.15, 0.2) is 40.9 Å². The van der Waals surface area contributed by atoms with Crippen molar-refractivity contribution in [2.45, 2.75) is 26.7 Å². The highest BCUT2D eigenvalue weighted by atomic mass is 79.9. The van der Waals surface area contributed by atoms with Crippen molar-refractivity contribution < 1.29 is 9.18 Å². The summed E-state index contributed by atoms with van der Waals surface area (Å²) in [6, 6.07) is 10.3. The average Bonchev–Trinajstić information content (AvgIpc) is 2.40. The van der Waals surface area contributed by atoms with Gasteiger partial charge in [-0.15, -0.1) is 0 Å². The SMILES string of the molecule is Cc1cc(Br)cc(C)c1NC(=O)CCc1cccc(F)c1.